The fourth-order valence-corrected chi connectivity index (χ4v) is 3.23. The van der Waals surface area contributed by atoms with Crippen molar-refractivity contribution in [3.63, 3.8) is 0 Å². The molecule has 0 bridgehead atoms. The van der Waals surface area contributed by atoms with Crippen molar-refractivity contribution in [3.05, 3.63) is 76.1 Å². The Morgan fingerprint density at radius 1 is 1.11 bits per heavy atom. The van der Waals surface area contributed by atoms with E-state index >= 15 is 0 Å². The van der Waals surface area contributed by atoms with Crippen LogP contribution in [0.4, 0.5) is 5.69 Å². The Morgan fingerprint density at radius 3 is 2.57 bits per heavy atom. The molecule has 144 valence electrons. The molecule has 1 heterocycles. The summed E-state index contributed by atoms with van der Waals surface area (Å²) in [6.45, 7) is 3.94. The number of carbonyl (C=O) groups is 1. The maximum Gasteiger partial charge on any atom is 0.271 e. The monoisotopic (exact) mass is 395 g/mol. The van der Waals surface area contributed by atoms with Gasteiger partial charge >= 0.3 is 0 Å². The summed E-state index contributed by atoms with van der Waals surface area (Å²) in [5.41, 5.74) is 3.29. The normalized spacial score (nSPS) is 10.5. The molecule has 0 aliphatic rings. The number of hydrogen-bond donors (Lipinski definition) is 1. The van der Waals surface area contributed by atoms with E-state index in [4.69, 9.17) is 4.74 Å². The van der Waals surface area contributed by atoms with Crippen LogP contribution in [0.1, 0.15) is 11.1 Å². The van der Waals surface area contributed by atoms with Gasteiger partial charge in [-0.25, -0.2) is 0 Å². The number of hydrogen-bond acceptors (Lipinski definition) is 5. The van der Waals surface area contributed by atoms with Crippen molar-refractivity contribution in [2.24, 2.45) is 0 Å². The lowest BCUT2D eigenvalue weighted by Gasteiger charge is -2.10. The minimum absolute atomic E-state index is 0.123. The zero-order chi connectivity index (χ0) is 20.1. The van der Waals surface area contributed by atoms with E-state index in [0.717, 1.165) is 16.8 Å². The van der Waals surface area contributed by atoms with Crippen LogP contribution in [-0.4, -0.2) is 28.6 Å². The highest BCUT2D eigenvalue weighted by atomic mass is 32.2. The Hall–Kier alpha value is -3.06. The van der Waals surface area contributed by atoms with Crippen LogP contribution >= 0.6 is 11.8 Å². The first kappa shape index (κ1) is 19.7. The van der Waals surface area contributed by atoms with Crippen LogP contribution in [0.25, 0.3) is 5.69 Å². The first-order chi connectivity index (χ1) is 13.5. The van der Waals surface area contributed by atoms with Crippen LogP contribution in [-0.2, 0) is 4.79 Å². The summed E-state index contributed by atoms with van der Waals surface area (Å²) in [5.74, 6) is 0.773. The molecule has 1 N–H and O–H groups in total. The third kappa shape index (κ3) is 4.80. The molecule has 0 aliphatic carbocycles. The Kier molecular flexibility index (Phi) is 6.16. The zero-order valence-corrected chi connectivity index (χ0v) is 16.7. The summed E-state index contributed by atoms with van der Waals surface area (Å²) >= 11 is 1.28. The Balaban J connectivity index is 1.70. The van der Waals surface area contributed by atoms with Gasteiger partial charge in [-0.3, -0.25) is 9.59 Å². The second-order valence-electron chi connectivity index (χ2n) is 6.27. The average Bonchev–Trinajstić information content (AvgIpc) is 2.70. The van der Waals surface area contributed by atoms with Gasteiger partial charge in [0.15, 0.2) is 0 Å². The van der Waals surface area contributed by atoms with Crippen LogP contribution in [0, 0.1) is 13.8 Å². The summed E-state index contributed by atoms with van der Waals surface area (Å²) in [5, 5.41) is 7.87. The van der Waals surface area contributed by atoms with Gasteiger partial charge in [-0.1, -0.05) is 23.9 Å². The number of thioether (sulfide) groups is 1. The van der Waals surface area contributed by atoms with Gasteiger partial charge in [0.1, 0.15) is 10.8 Å². The van der Waals surface area contributed by atoms with Crippen molar-refractivity contribution in [3.8, 4) is 11.4 Å². The number of rotatable bonds is 6. The molecule has 1 amide bonds. The summed E-state index contributed by atoms with van der Waals surface area (Å²) in [4.78, 5) is 24.5. The summed E-state index contributed by atoms with van der Waals surface area (Å²) in [6.07, 6.45) is 0. The highest BCUT2D eigenvalue weighted by Gasteiger charge is 2.09. The van der Waals surface area contributed by atoms with Gasteiger partial charge in [-0.2, -0.15) is 9.78 Å². The highest BCUT2D eigenvalue weighted by molar-refractivity contribution is 7.99. The molecule has 0 saturated heterocycles. The molecular weight excluding hydrogens is 374 g/mol. The van der Waals surface area contributed by atoms with Crippen LogP contribution in [0.15, 0.2) is 64.4 Å². The predicted molar refractivity (Wildman–Crippen MR) is 112 cm³/mol. The number of aryl methyl sites for hydroxylation is 2. The van der Waals surface area contributed by atoms with Gasteiger partial charge < -0.3 is 10.1 Å². The average molecular weight is 395 g/mol. The number of carbonyl (C=O) groups excluding carboxylic acids is 1. The summed E-state index contributed by atoms with van der Waals surface area (Å²) < 4.78 is 6.44. The Labute approximate surface area is 167 Å². The summed E-state index contributed by atoms with van der Waals surface area (Å²) in [7, 11) is 1.58. The van der Waals surface area contributed by atoms with Gasteiger partial charge in [0, 0.05) is 11.8 Å². The van der Waals surface area contributed by atoms with Crippen molar-refractivity contribution in [1.82, 2.24) is 9.78 Å². The molecule has 3 aromatic rings. The molecule has 1 aromatic heterocycles. The quantitative estimate of drug-likeness (QED) is 0.646. The predicted octanol–water partition coefficient (Wildman–Crippen LogP) is 3.59. The van der Waals surface area contributed by atoms with Crippen molar-refractivity contribution in [1.29, 1.82) is 0 Å². The van der Waals surface area contributed by atoms with Crippen molar-refractivity contribution >= 4 is 23.4 Å². The molecule has 7 heteroatoms. The molecule has 0 radical (unpaired) electrons. The maximum absolute atomic E-state index is 12.3. The summed E-state index contributed by atoms with van der Waals surface area (Å²) in [6, 6.07) is 16.0. The number of nitrogens with zero attached hydrogens (tertiary/aromatic N) is 2. The Bertz CT molecular complexity index is 1050. The molecule has 6 nitrogen and oxygen atoms in total. The smallest absolute Gasteiger partial charge is 0.271 e. The standard InChI is InChI=1S/C21H21N3O3S/c1-14-4-5-15(2)18(12-14)22-19(25)13-28-20-10-11-21(26)24(23-20)16-6-8-17(27-3)9-7-16/h4-12H,13H2,1-3H3,(H,22,25). The SMILES string of the molecule is COc1ccc(-n2nc(SCC(=O)Nc3cc(C)ccc3C)ccc2=O)cc1. The van der Waals surface area contributed by atoms with Gasteiger partial charge in [0.05, 0.1) is 18.6 Å². The highest BCUT2D eigenvalue weighted by Crippen LogP contribution is 2.19. The van der Waals surface area contributed by atoms with Gasteiger partial charge in [0.25, 0.3) is 5.56 Å². The van der Waals surface area contributed by atoms with E-state index in [1.165, 1.54) is 22.5 Å². The van der Waals surface area contributed by atoms with E-state index < -0.39 is 0 Å². The largest absolute Gasteiger partial charge is 0.497 e. The number of methoxy groups -OCH3 is 1. The molecule has 3 rings (SSSR count). The number of aromatic nitrogens is 2. The van der Waals surface area contributed by atoms with Crippen LogP contribution in [0.3, 0.4) is 0 Å². The Morgan fingerprint density at radius 2 is 1.86 bits per heavy atom. The number of amides is 1. The minimum Gasteiger partial charge on any atom is -0.497 e. The second-order valence-corrected chi connectivity index (χ2v) is 7.27. The molecule has 0 saturated carbocycles. The molecule has 0 fully saturated rings. The molecule has 2 aromatic carbocycles. The number of anilines is 1. The molecule has 0 aliphatic heterocycles. The lowest BCUT2D eigenvalue weighted by atomic mass is 10.1. The van der Waals surface area contributed by atoms with Crippen LogP contribution in [0.2, 0.25) is 0 Å². The number of benzene rings is 2. The second kappa shape index (κ2) is 8.75. The van der Waals surface area contributed by atoms with Crippen molar-refractivity contribution < 1.29 is 9.53 Å². The first-order valence-corrected chi connectivity index (χ1v) is 9.69. The molecule has 28 heavy (non-hydrogen) atoms. The minimum atomic E-state index is -0.241. The van der Waals surface area contributed by atoms with E-state index in [-0.39, 0.29) is 17.2 Å². The van der Waals surface area contributed by atoms with Gasteiger partial charge in [-0.15, -0.1) is 0 Å². The van der Waals surface area contributed by atoms with E-state index in [9.17, 15) is 9.59 Å². The maximum atomic E-state index is 12.3. The number of nitrogens with one attached hydrogen (secondary N) is 1. The van der Waals surface area contributed by atoms with E-state index in [2.05, 4.69) is 10.4 Å². The van der Waals surface area contributed by atoms with Gasteiger partial charge in [0.2, 0.25) is 5.91 Å². The molecule has 0 atom stereocenters. The fraction of sp³-hybridized carbons (Fsp3) is 0.190. The van der Waals surface area contributed by atoms with Gasteiger partial charge in [-0.05, 0) is 61.4 Å². The number of ether oxygens (including phenoxy) is 1. The first-order valence-electron chi connectivity index (χ1n) is 8.71. The molecule has 0 unspecified atom stereocenters. The van der Waals surface area contributed by atoms with Crippen molar-refractivity contribution in [2.45, 2.75) is 18.9 Å². The third-order valence-electron chi connectivity index (χ3n) is 4.11. The van der Waals surface area contributed by atoms with Crippen LogP contribution < -0.4 is 15.6 Å². The molecule has 0 spiro atoms. The van der Waals surface area contributed by atoms with Crippen LogP contribution in [0.5, 0.6) is 5.75 Å². The van der Waals surface area contributed by atoms with E-state index in [0.29, 0.717) is 16.5 Å². The lowest BCUT2D eigenvalue weighted by molar-refractivity contribution is -0.113. The zero-order valence-electron chi connectivity index (χ0n) is 15.9. The topological polar surface area (TPSA) is 73.2 Å². The lowest BCUT2D eigenvalue weighted by Crippen LogP contribution is -2.21. The molecular formula is C21H21N3O3S. The fourth-order valence-electron chi connectivity index (χ4n) is 2.58. The third-order valence-corrected chi connectivity index (χ3v) is 5.03. The van der Waals surface area contributed by atoms with E-state index in [1.54, 1.807) is 37.4 Å². The van der Waals surface area contributed by atoms with E-state index in [1.807, 2.05) is 32.0 Å². The van der Waals surface area contributed by atoms with Crippen molar-refractivity contribution in [2.75, 3.05) is 18.2 Å².